The zero-order valence-electron chi connectivity index (χ0n) is 9.72. The van der Waals surface area contributed by atoms with Gasteiger partial charge in [0, 0.05) is 12.7 Å². The molecule has 0 radical (unpaired) electrons. The maximum Gasteiger partial charge on any atom is 0.150 e. The van der Waals surface area contributed by atoms with Crippen molar-refractivity contribution in [1.29, 1.82) is 0 Å². The van der Waals surface area contributed by atoms with E-state index in [9.17, 15) is 4.79 Å². The Labute approximate surface area is 101 Å². The predicted octanol–water partition coefficient (Wildman–Crippen LogP) is 3.31. The fourth-order valence-electron chi connectivity index (χ4n) is 1.81. The lowest BCUT2D eigenvalue weighted by atomic mass is 9.99. The smallest absolute Gasteiger partial charge is 0.150 e. The van der Waals surface area contributed by atoms with Crippen LogP contribution in [0.3, 0.4) is 0 Å². The van der Waals surface area contributed by atoms with Crippen molar-refractivity contribution in [3.63, 3.8) is 0 Å². The van der Waals surface area contributed by atoms with Gasteiger partial charge in [0.05, 0.1) is 6.61 Å². The topological polar surface area (TPSA) is 26.3 Å². The third-order valence-electron chi connectivity index (χ3n) is 2.66. The van der Waals surface area contributed by atoms with E-state index in [1.807, 2.05) is 48.5 Å². The van der Waals surface area contributed by atoms with Gasteiger partial charge in [0.15, 0.2) is 6.29 Å². The average Bonchev–Trinajstić information content (AvgIpc) is 2.40. The molecule has 0 aliphatic carbocycles. The van der Waals surface area contributed by atoms with Gasteiger partial charge in [-0.15, -0.1) is 0 Å². The molecule has 0 aromatic heterocycles. The van der Waals surface area contributed by atoms with E-state index in [1.54, 1.807) is 7.11 Å². The van der Waals surface area contributed by atoms with Crippen LogP contribution >= 0.6 is 0 Å². The average molecular weight is 226 g/mol. The van der Waals surface area contributed by atoms with Gasteiger partial charge in [-0.1, -0.05) is 48.5 Å². The Morgan fingerprint density at radius 3 is 2.41 bits per heavy atom. The minimum absolute atomic E-state index is 0.607. The molecule has 0 aliphatic heterocycles. The Balaban J connectivity index is 2.36. The van der Waals surface area contributed by atoms with Gasteiger partial charge in [-0.25, -0.2) is 0 Å². The van der Waals surface area contributed by atoms with Crippen LogP contribution in [0.2, 0.25) is 0 Å². The van der Waals surface area contributed by atoms with E-state index in [-0.39, 0.29) is 0 Å². The molecule has 0 saturated heterocycles. The molecule has 0 atom stereocenters. The molecule has 0 fully saturated rings. The summed E-state index contributed by atoms with van der Waals surface area (Å²) in [5.41, 5.74) is 3.85. The van der Waals surface area contributed by atoms with E-state index in [4.69, 9.17) is 4.74 Å². The van der Waals surface area contributed by atoms with E-state index in [0.29, 0.717) is 12.2 Å². The first-order valence-electron chi connectivity index (χ1n) is 5.47. The summed E-state index contributed by atoms with van der Waals surface area (Å²) >= 11 is 0. The van der Waals surface area contributed by atoms with Crippen molar-refractivity contribution in [2.24, 2.45) is 0 Å². The molecule has 0 saturated carbocycles. The Kier molecular flexibility index (Phi) is 3.68. The second-order valence-electron chi connectivity index (χ2n) is 3.84. The number of carbonyl (C=O) groups is 1. The van der Waals surface area contributed by atoms with Gasteiger partial charge in [0.2, 0.25) is 0 Å². The van der Waals surface area contributed by atoms with Gasteiger partial charge in [0.1, 0.15) is 0 Å². The van der Waals surface area contributed by atoms with Crippen LogP contribution in [0.1, 0.15) is 15.9 Å². The maximum absolute atomic E-state index is 11.0. The van der Waals surface area contributed by atoms with E-state index < -0.39 is 0 Å². The van der Waals surface area contributed by atoms with Crippen molar-refractivity contribution in [2.75, 3.05) is 7.11 Å². The molecule has 2 aromatic carbocycles. The summed E-state index contributed by atoms with van der Waals surface area (Å²) in [5, 5.41) is 0. The number of hydrogen-bond acceptors (Lipinski definition) is 2. The van der Waals surface area contributed by atoms with Gasteiger partial charge in [-0.2, -0.15) is 0 Å². The Hall–Kier alpha value is -1.93. The number of hydrogen-bond donors (Lipinski definition) is 0. The molecule has 86 valence electrons. The molecule has 0 spiro atoms. The van der Waals surface area contributed by atoms with Crippen LogP contribution < -0.4 is 0 Å². The SMILES string of the molecule is COCc1ccc(-c2ccccc2C=O)cc1. The molecule has 2 aromatic rings. The molecule has 0 aliphatic rings. The van der Waals surface area contributed by atoms with E-state index >= 15 is 0 Å². The lowest BCUT2D eigenvalue weighted by molar-refractivity contribution is 0.112. The normalized spacial score (nSPS) is 10.2. The van der Waals surface area contributed by atoms with Crippen LogP contribution in [0.15, 0.2) is 48.5 Å². The first-order chi connectivity index (χ1) is 8.35. The number of ether oxygens (including phenoxy) is 1. The summed E-state index contributed by atoms with van der Waals surface area (Å²) < 4.78 is 5.06. The monoisotopic (exact) mass is 226 g/mol. The molecule has 2 nitrogen and oxygen atoms in total. The van der Waals surface area contributed by atoms with Crippen molar-refractivity contribution in [3.8, 4) is 11.1 Å². The summed E-state index contributed by atoms with van der Waals surface area (Å²) in [6.07, 6.45) is 0.887. The lowest BCUT2D eigenvalue weighted by Crippen LogP contribution is -1.89. The summed E-state index contributed by atoms with van der Waals surface area (Å²) in [5.74, 6) is 0. The zero-order chi connectivity index (χ0) is 12.1. The van der Waals surface area contributed by atoms with Crippen LogP contribution in [-0.4, -0.2) is 13.4 Å². The van der Waals surface area contributed by atoms with Crippen molar-refractivity contribution in [2.45, 2.75) is 6.61 Å². The summed E-state index contributed by atoms with van der Waals surface area (Å²) in [6, 6.07) is 15.6. The molecule has 0 amide bonds. The van der Waals surface area contributed by atoms with Crippen molar-refractivity contribution in [1.82, 2.24) is 0 Å². The highest BCUT2D eigenvalue weighted by molar-refractivity contribution is 5.87. The Morgan fingerprint density at radius 1 is 1.06 bits per heavy atom. The van der Waals surface area contributed by atoms with Gasteiger partial charge in [0.25, 0.3) is 0 Å². The first kappa shape index (κ1) is 11.6. The van der Waals surface area contributed by atoms with Gasteiger partial charge in [-0.05, 0) is 16.7 Å². The number of carbonyl (C=O) groups excluding carboxylic acids is 1. The fourth-order valence-corrected chi connectivity index (χ4v) is 1.81. The van der Waals surface area contributed by atoms with Crippen LogP contribution in [0.25, 0.3) is 11.1 Å². The second-order valence-corrected chi connectivity index (χ2v) is 3.84. The van der Waals surface area contributed by atoms with Crippen LogP contribution in [0.5, 0.6) is 0 Å². The molecule has 0 N–H and O–H groups in total. The lowest BCUT2D eigenvalue weighted by Gasteiger charge is -2.06. The fraction of sp³-hybridized carbons (Fsp3) is 0.133. The number of methoxy groups -OCH3 is 1. The molecular weight excluding hydrogens is 212 g/mol. The van der Waals surface area contributed by atoms with Gasteiger partial charge >= 0.3 is 0 Å². The molecule has 0 heterocycles. The predicted molar refractivity (Wildman–Crippen MR) is 68.0 cm³/mol. The minimum atomic E-state index is 0.607. The molecule has 17 heavy (non-hydrogen) atoms. The maximum atomic E-state index is 11.0. The molecule has 0 unspecified atom stereocenters. The molecule has 2 heteroatoms. The summed E-state index contributed by atoms with van der Waals surface area (Å²) in [4.78, 5) is 11.0. The third-order valence-corrected chi connectivity index (χ3v) is 2.66. The van der Waals surface area contributed by atoms with E-state index in [2.05, 4.69) is 0 Å². The molecule has 0 bridgehead atoms. The van der Waals surface area contributed by atoms with Crippen molar-refractivity contribution in [3.05, 3.63) is 59.7 Å². The molecule has 2 rings (SSSR count). The third kappa shape index (κ3) is 2.60. The Morgan fingerprint density at radius 2 is 1.76 bits per heavy atom. The quantitative estimate of drug-likeness (QED) is 0.747. The van der Waals surface area contributed by atoms with Crippen LogP contribution in [0.4, 0.5) is 0 Å². The summed E-state index contributed by atoms with van der Waals surface area (Å²) in [6.45, 7) is 0.607. The highest BCUT2D eigenvalue weighted by Crippen LogP contribution is 2.22. The highest BCUT2D eigenvalue weighted by Gasteiger charge is 2.03. The second kappa shape index (κ2) is 5.41. The zero-order valence-corrected chi connectivity index (χ0v) is 9.72. The standard InChI is InChI=1S/C15H14O2/c1-17-11-12-6-8-13(9-7-12)15-5-3-2-4-14(15)10-16/h2-10H,11H2,1H3. The van der Waals surface area contributed by atoms with Crippen molar-refractivity contribution < 1.29 is 9.53 Å². The van der Waals surface area contributed by atoms with Gasteiger partial charge in [-0.3, -0.25) is 4.79 Å². The van der Waals surface area contributed by atoms with Crippen LogP contribution in [-0.2, 0) is 11.3 Å². The minimum Gasteiger partial charge on any atom is -0.380 e. The number of rotatable bonds is 4. The van der Waals surface area contributed by atoms with Gasteiger partial charge < -0.3 is 4.74 Å². The van der Waals surface area contributed by atoms with Crippen molar-refractivity contribution >= 4 is 6.29 Å². The number of benzene rings is 2. The largest absolute Gasteiger partial charge is 0.380 e. The number of aldehydes is 1. The van der Waals surface area contributed by atoms with Crippen LogP contribution in [0, 0.1) is 0 Å². The first-order valence-corrected chi connectivity index (χ1v) is 5.47. The Bertz CT molecular complexity index is 501. The van der Waals surface area contributed by atoms with E-state index in [1.165, 1.54) is 0 Å². The highest BCUT2D eigenvalue weighted by atomic mass is 16.5. The molecular formula is C15H14O2. The summed E-state index contributed by atoms with van der Waals surface area (Å²) in [7, 11) is 1.68. The van der Waals surface area contributed by atoms with E-state index in [0.717, 1.165) is 23.0 Å².